The van der Waals surface area contributed by atoms with Crippen LogP contribution in [0.3, 0.4) is 0 Å². The first kappa shape index (κ1) is 14.1. The van der Waals surface area contributed by atoms with Gasteiger partial charge in [0.2, 0.25) is 0 Å². The van der Waals surface area contributed by atoms with E-state index in [-0.39, 0.29) is 5.82 Å². The van der Waals surface area contributed by atoms with E-state index in [0.29, 0.717) is 26.4 Å². The largest absolute Gasteiger partial charge is 0.379 e. The molecule has 96 valence electrons. The van der Waals surface area contributed by atoms with Gasteiger partial charge in [-0.15, -0.1) is 0 Å². The van der Waals surface area contributed by atoms with Crippen molar-refractivity contribution in [1.29, 1.82) is 0 Å². The van der Waals surface area contributed by atoms with E-state index in [2.05, 4.69) is 6.92 Å². The summed E-state index contributed by atoms with van der Waals surface area (Å²) in [6.45, 7) is 4.66. The van der Waals surface area contributed by atoms with Gasteiger partial charge < -0.3 is 15.2 Å². The van der Waals surface area contributed by atoms with Crippen molar-refractivity contribution in [2.45, 2.75) is 26.5 Å². The van der Waals surface area contributed by atoms with Crippen LogP contribution < -0.4 is 5.73 Å². The zero-order chi connectivity index (χ0) is 12.5. The molecule has 0 aliphatic carbocycles. The predicted molar refractivity (Wildman–Crippen MR) is 65.1 cm³/mol. The van der Waals surface area contributed by atoms with Gasteiger partial charge in [-0.1, -0.05) is 13.0 Å². The van der Waals surface area contributed by atoms with Gasteiger partial charge in [-0.3, -0.25) is 0 Å². The normalized spacial score (nSPS) is 10.8. The quantitative estimate of drug-likeness (QED) is 0.710. The van der Waals surface area contributed by atoms with Gasteiger partial charge in [0.25, 0.3) is 0 Å². The van der Waals surface area contributed by atoms with Crippen LogP contribution in [0.5, 0.6) is 0 Å². The molecule has 0 saturated carbocycles. The fourth-order valence-electron chi connectivity index (χ4n) is 1.47. The van der Waals surface area contributed by atoms with E-state index in [1.165, 1.54) is 12.1 Å². The van der Waals surface area contributed by atoms with Gasteiger partial charge in [0.05, 0.1) is 19.8 Å². The summed E-state index contributed by atoms with van der Waals surface area (Å²) in [4.78, 5) is 0. The monoisotopic (exact) mass is 241 g/mol. The molecule has 0 spiro atoms. The summed E-state index contributed by atoms with van der Waals surface area (Å²) in [6, 6.07) is 4.58. The summed E-state index contributed by atoms with van der Waals surface area (Å²) < 4.78 is 23.7. The van der Waals surface area contributed by atoms with Crippen LogP contribution in [-0.4, -0.2) is 19.8 Å². The molecular weight excluding hydrogens is 221 g/mol. The molecule has 17 heavy (non-hydrogen) atoms. The molecule has 0 aromatic heterocycles. The summed E-state index contributed by atoms with van der Waals surface area (Å²) in [7, 11) is 0. The highest BCUT2D eigenvalue weighted by Gasteiger charge is 2.03. The molecule has 0 aliphatic rings. The molecule has 0 fully saturated rings. The van der Waals surface area contributed by atoms with Gasteiger partial charge in [0, 0.05) is 13.2 Å². The van der Waals surface area contributed by atoms with Crippen LogP contribution in [0.15, 0.2) is 18.2 Å². The topological polar surface area (TPSA) is 44.5 Å². The molecular formula is C13H20FNO2. The third kappa shape index (κ3) is 5.26. The molecule has 0 radical (unpaired) electrons. The summed E-state index contributed by atoms with van der Waals surface area (Å²) in [5.41, 5.74) is 7.29. The molecule has 4 heteroatoms. The number of benzene rings is 1. The summed E-state index contributed by atoms with van der Waals surface area (Å²) in [5, 5.41) is 0. The first-order chi connectivity index (χ1) is 8.27. The van der Waals surface area contributed by atoms with Crippen molar-refractivity contribution in [3.05, 3.63) is 35.1 Å². The second-order valence-corrected chi connectivity index (χ2v) is 3.78. The van der Waals surface area contributed by atoms with Crippen LogP contribution in [-0.2, 0) is 22.6 Å². The summed E-state index contributed by atoms with van der Waals surface area (Å²) in [6.07, 6.45) is 1.00. The van der Waals surface area contributed by atoms with Gasteiger partial charge in [-0.05, 0) is 29.7 Å². The third-order valence-electron chi connectivity index (χ3n) is 2.37. The van der Waals surface area contributed by atoms with Crippen molar-refractivity contribution in [3.8, 4) is 0 Å². The minimum absolute atomic E-state index is 0.261. The average Bonchev–Trinajstić information content (AvgIpc) is 2.34. The maximum Gasteiger partial charge on any atom is 0.123 e. The highest BCUT2D eigenvalue weighted by molar-refractivity contribution is 5.27. The van der Waals surface area contributed by atoms with Crippen molar-refractivity contribution in [1.82, 2.24) is 0 Å². The number of rotatable bonds is 8. The van der Waals surface area contributed by atoms with E-state index in [4.69, 9.17) is 15.2 Å². The molecule has 0 unspecified atom stereocenters. The first-order valence-corrected chi connectivity index (χ1v) is 5.90. The SMILES string of the molecule is CCCOCCOCc1cc(F)ccc1CN. The van der Waals surface area contributed by atoms with Crippen LogP contribution in [0.25, 0.3) is 0 Å². The standard InChI is InChI=1S/C13H20FNO2/c1-2-5-16-6-7-17-10-12-8-13(14)4-3-11(12)9-15/h3-4,8H,2,5-7,9-10,15H2,1H3. The van der Waals surface area contributed by atoms with E-state index in [0.717, 1.165) is 24.2 Å². The number of hydrogen-bond acceptors (Lipinski definition) is 3. The minimum atomic E-state index is -0.261. The Labute approximate surface area is 102 Å². The number of halogens is 1. The van der Waals surface area contributed by atoms with Crippen LogP contribution in [0, 0.1) is 5.82 Å². The van der Waals surface area contributed by atoms with Crippen LogP contribution in [0.4, 0.5) is 4.39 Å². The molecule has 1 aromatic carbocycles. The fourth-order valence-corrected chi connectivity index (χ4v) is 1.47. The second kappa shape index (κ2) is 8.17. The van der Waals surface area contributed by atoms with E-state index in [9.17, 15) is 4.39 Å². The predicted octanol–water partition coefficient (Wildman–Crippen LogP) is 2.23. The molecule has 1 aromatic rings. The fraction of sp³-hybridized carbons (Fsp3) is 0.538. The van der Waals surface area contributed by atoms with E-state index in [1.54, 1.807) is 6.07 Å². The molecule has 0 amide bonds. The lowest BCUT2D eigenvalue weighted by Gasteiger charge is -2.09. The summed E-state index contributed by atoms with van der Waals surface area (Å²) >= 11 is 0. The lowest BCUT2D eigenvalue weighted by Crippen LogP contribution is -2.08. The van der Waals surface area contributed by atoms with Gasteiger partial charge >= 0.3 is 0 Å². The molecule has 1 rings (SSSR count). The average molecular weight is 241 g/mol. The Kier molecular flexibility index (Phi) is 6.77. The Morgan fingerprint density at radius 1 is 1.12 bits per heavy atom. The zero-order valence-electron chi connectivity index (χ0n) is 10.2. The van der Waals surface area contributed by atoms with Crippen LogP contribution in [0.1, 0.15) is 24.5 Å². The Bertz CT molecular complexity index is 331. The lowest BCUT2D eigenvalue weighted by molar-refractivity contribution is 0.0405. The molecule has 0 atom stereocenters. The van der Waals surface area contributed by atoms with Crippen molar-refractivity contribution in [2.75, 3.05) is 19.8 Å². The highest BCUT2D eigenvalue weighted by Crippen LogP contribution is 2.12. The Morgan fingerprint density at radius 2 is 1.88 bits per heavy atom. The number of nitrogens with two attached hydrogens (primary N) is 1. The zero-order valence-corrected chi connectivity index (χ0v) is 10.2. The van der Waals surface area contributed by atoms with Gasteiger partial charge in [-0.25, -0.2) is 4.39 Å². The van der Waals surface area contributed by atoms with E-state index in [1.807, 2.05) is 0 Å². The van der Waals surface area contributed by atoms with Crippen molar-refractivity contribution in [3.63, 3.8) is 0 Å². The molecule has 2 N–H and O–H groups in total. The van der Waals surface area contributed by atoms with Gasteiger partial charge in [0.15, 0.2) is 0 Å². The Morgan fingerprint density at radius 3 is 2.59 bits per heavy atom. The maximum absolute atomic E-state index is 13.0. The number of ether oxygens (including phenoxy) is 2. The van der Waals surface area contributed by atoms with Crippen molar-refractivity contribution >= 4 is 0 Å². The lowest BCUT2D eigenvalue weighted by atomic mass is 10.1. The summed E-state index contributed by atoms with van der Waals surface area (Å²) in [5.74, 6) is -0.261. The van der Waals surface area contributed by atoms with Crippen LogP contribution >= 0.6 is 0 Å². The van der Waals surface area contributed by atoms with Crippen molar-refractivity contribution in [2.24, 2.45) is 5.73 Å². The Hall–Kier alpha value is -0.970. The van der Waals surface area contributed by atoms with E-state index >= 15 is 0 Å². The molecule has 0 aliphatic heterocycles. The minimum Gasteiger partial charge on any atom is -0.379 e. The first-order valence-electron chi connectivity index (χ1n) is 5.90. The van der Waals surface area contributed by atoms with Crippen molar-refractivity contribution < 1.29 is 13.9 Å². The molecule has 0 saturated heterocycles. The smallest absolute Gasteiger partial charge is 0.123 e. The maximum atomic E-state index is 13.0. The van der Waals surface area contributed by atoms with Gasteiger partial charge in [0.1, 0.15) is 5.82 Å². The molecule has 3 nitrogen and oxygen atoms in total. The van der Waals surface area contributed by atoms with E-state index < -0.39 is 0 Å². The molecule has 0 heterocycles. The van der Waals surface area contributed by atoms with Crippen LogP contribution in [0.2, 0.25) is 0 Å². The Balaban J connectivity index is 2.32. The number of hydrogen-bond donors (Lipinski definition) is 1. The second-order valence-electron chi connectivity index (χ2n) is 3.78. The molecule has 0 bridgehead atoms. The van der Waals surface area contributed by atoms with Gasteiger partial charge in [-0.2, -0.15) is 0 Å². The highest BCUT2D eigenvalue weighted by atomic mass is 19.1. The third-order valence-corrected chi connectivity index (χ3v) is 2.37.